The topological polar surface area (TPSA) is 66.4 Å². The summed E-state index contributed by atoms with van der Waals surface area (Å²) < 4.78 is 12.0. The van der Waals surface area contributed by atoms with Crippen LogP contribution in [0.4, 0.5) is 0 Å². The van der Waals surface area contributed by atoms with Crippen LogP contribution < -0.4 is 5.32 Å². The lowest BCUT2D eigenvalue weighted by Crippen LogP contribution is -2.20. The average Bonchev–Trinajstić information content (AvgIpc) is 2.73. The number of rotatable bonds is 6. The number of nitrogens with one attached hydrogen (secondary N) is 1. The van der Waals surface area contributed by atoms with Crippen LogP contribution in [-0.2, 0) is 17.3 Å². The van der Waals surface area contributed by atoms with Gasteiger partial charge in [-0.3, -0.25) is 4.21 Å². The molecule has 1 atom stereocenters. The highest BCUT2D eigenvalue weighted by Gasteiger charge is 2.16. The number of aromatic carboxylic acids is 1. The van der Waals surface area contributed by atoms with Crippen molar-refractivity contribution in [1.82, 2.24) is 5.32 Å². The van der Waals surface area contributed by atoms with Crippen LogP contribution >= 0.6 is 11.3 Å². The summed E-state index contributed by atoms with van der Waals surface area (Å²) in [7, 11) is -0.831. The second-order valence-electron chi connectivity index (χ2n) is 4.17. The van der Waals surface area contributed by atoms with Crippen molar-refractivity contribution in [2.75, 3.05) is 18.6 Å². The number of fused-ring (bicyclic) bond motifs is 1. The van der Waals surface area contributed by atoms with E-state index in [1.54, 1.807) is 6.26 Å². The van der Waals surface area contributed by atoms with E-state index >= 15 is 0 Å². The Hall–Kier alpha value is -1.24. The summed E-state index contributed by atoms with van der Waals surface area (Å²) in [4.78, 5) is 11.6. The molecule has 2 aromatic rings. The van der Waals surface area contributed by atoms with E-state index in [-0.39, 0.29) is 0 Å². The Morgan fingerprint density at radius 2 is 2.16 bits per heavy atom. The van der Waals surface area contributed by atoms with Gasteiger partial charge < -0.3 is 10.4 Å². The van der Waals surface area contributed by atoms with Crippen LogP contribution in [0.3, 0.4) is 0 Å². The Morgan fingerprint density at radius 3 is 2.84 bits per heavy atom. The third-order valence-corrected chi connectivity index (χ3v) is 4.74. The predicted molar refractivity (Wildman–Crippen MR) is 79.4 cm³/mol. The third-order valence-electron chi connectivity index (χ3n) is 2.76. The summed E-state index contributed by atoms with van der Waals surface area (Å²) in [6.45, 7) is 1.11. The van der Waals surface area contributed by atoms with Gasteiger partial charge in [-0.05, 0) is 17.0 Å². The highest BCUT2D eigenvalue weighted by Crippen LogP contribution is 2.31. The number of benzene rings is 1. The van der Waals surface area contributed by atoms with Crippen LogP contribution in [0, 0.1) is 0 Å². The molecule has 0 amide bonds. The molecule has 0 aliphatic heterocycles. The van der Waals surface area contributed by atoms with Crippen molar-refractivity contribution in [3.05, 3.63) is 34.7 Å². The largest absolute Gasteiger partial charge is 0.477 e. The van der Waals surface area contributed by atoms with E-state index < -0.39 is 16.8 Å². The fourth-order valence-electron chi connectivity index (χ4n) is 1.88. The second kappa shape index (κ2) is 6.27. The second-order valence-corrected chi connectivity index (χ2v) is 6.77. The maximum absolute atomic E-state index is 11.3. The standard InChI is InChI=1S/C13H15NO3S2/c1-19(17)7-6-14-8-10-9-4-2-3-5-11(9)18-12(10)13(15)16/h2-5,14H,6-8H2,1H3,(H,15,16). The monoisotopic (exact) mass is 297 g/mol. The van der Waals surface area contributed by atoms with Crippen LogP contribution in [-0.4, -0.2) is 33.8 Å². The van der Waals surface area contributed by atoms with Crippen LogP contribution in [0.2, 0.25) is 0 Å². The first-order valence-electron chi connectivity index (χ1n) is 5.84. The molecule has 2 rings (SSSR count). The van der Waals surface area contributed by atoms with Crippen molar-refractivity contribution in [3.8, 4) is 0 Å². The van der Waals surface area contributed by atoms with E-state index in [1.807, 2.05) is 24.3 Å². The van der Waals surface area contributed by atoms with E-state index in [1.165, 1.54) is 11.3 Å². The molecule has 0 aliphatic carbocycles. The van der Waals surface area contributed by atoms with E-state index in [0.717, 1.165) is 15.6 Å². The maximum Gasteiger partial charge on any atom is 0.346 e. The fourth-order valence-corrected chi connectivity index (χ4v) is 3.37. The minimum atomic E-state index is -0.892. The SMILES string of the molecule is CS(=O)CCNCc1c(C(=O)O)sc2ccccc12. The van der Waals surface area contributed by atoms with E-state index in [0.29, 0.717) is 23.7 Å². The van der Waals surface area contributed by atoms with Gasteiger partial charge in [-0.25, -0.2) is 4.79 Å². The zero-order valence-electron chi connectivity index (χ0n) is 10.5. The fraction of sp³-hybridized carbons (Fsp3) is 0.308. The van der Waals surface area contributed by atoms with Gasteiger partial charge in [-0.2, -0.15) is 0 Å². The molecular weight excluding hydrogens is 282 g/mol. The molecule has 0 spiro atoms. The number of carbonyl (C=O) groups is 1. The lowest BCUT2D eigenvalue weighted by atomic mass is 10.1. The Morgan fingerprint density at radius 1 is 1.42 bits per heavy atom. The average molecular weight is 297 g/mol. The molecule has 2 N–H and O–H groups in total. The van der Waals surface area contributed by atoms with Gasteiger partial charge in [-0.15, -0.1) is 11.3 Å². The third kappa shape index (κ3) is 3.40. The minimum absolute atomic E-state index is 0.381. The van der Waals surface area contributed by atoms with Gasteiger partial charge in [-0.1, -0.05) is 18.2 Å². The highest BCUT2D eigenvalue weighted by molar-refractivity contribution is 7.84. The zero-order valence-corrected chi connectivity index (χ0v) is 12.1. The molecule has 0 saturated heterocycles. The molecule has 6 heteroatoms. The summed E-state index contributed by atoms with van der Waals surface area (Å²) in [5.74, 6) is -0.318. The van der Waals surface area contributed by atoms with Gasteiger partial charge >= 0.3 is 5.97 Å². The van der Waals surface area contributed by atoms with E-state index in [2.05, 4.69) is 5.32 Å². The first-order chi connectivity index (χ1) is 9.09. The lowest BCUT2D eigenvalue weighted by molar-refractivity contribution is 0.0701. The van der Waals surface area contributed by atoms with Crippen LogP contribution in [0.25, 0.3) is 10.1 Å². The Bertz CT molecular complexity index is 621. The Balaban J connectivity index is 2.22. The Labute approximate surface area is 117 Å². The maximum atomic E-state index is 11.3. The number of thiophene rings is 1. The van der Waals surface area contributed by atoms with Crippen LogP contribution in [0.1, 0.15) is 15.2 Å². The molecule has 102 valence electrons. The molecule has 0 bridgehead atoms. The first kappa shape index (κ1) is 14.2. The van der Waals surface area contributed by atoms with Crippen LogP contribution in [0.5, 0.6) is 0 Å². The lowest BCUT2D eigenvalue weighted by Gasteiger charge is -2.04. The smallest absolute Gasteiger partial charge is 0.346 e. The molecule has 1 aromatic carbocycles. The molecule has 1 unspecified atom stereocenters. The summed E-state index contributed by atoms with van der Waals surface area (Å²) in [6, 6.07) is 7.68. The molecule has 0 aliphatic rings. The molecule has 0 radical (unpaired) electrons. The van der Waals surface area contributed by atoms with Gasteiger partial charge in [0, 0.05) is 40.6 Å². The van der Waals surface area contributed by atoms with Crippen molar-refractivity contribution in [1.29, 1.82) is 0 Å². The molecule has 4 nitrogen and oxygen atoms in total. The van der Waals surface area contributed by atoms with Crippen molar-refractivity contribution in [2.45, 2.75) is 6.54 Å². The van der Waals surface area contributed by atoms with Gasteiger partial charge in [0.15, 0.2) is 0 Å². The van der Waals surface area contributed by atoms with Crippen molar-refractivity contribution >= 4 is 38.2 Å². The Kier molecular flexibility index (Phi) is 4.68. The molecule has 1 heterocycles. The van der Waals surface area contributed by atoms with E-state index in [4.69, 9.17) is 0 Å². The molecule has 0 fully saturated rings. The highest BCUT2D eigenvalue weighted by atomic mass is 32.2. The van der Waals surface area contributed by atoms with Gasteiger partial charge in [0.1, 0.15) is 4.88 Å². The first-order valence-corrected chi connectivity index (χ1v) is 8.38. The van der Waals surface area contributed by atoms with Crippen molar-refractivity contribution in [2.24, 2.45) is 0 Å². The predicted octanol–water partition coefficient (Wildman–Crippen LogP) is 2.07. The quantitative estimate of drug-likeness (QED) is 0.801. The summed E-state index contributed by atoms with van der Waals surface area (Å²) in [5.41, 5.74) is 0.815. The minimum Gasteiger partial charge on any atom is -0.477 e. The summed E-state index contributed by atoms with van der Waals surface area (Å²) in [6.07, 6.45) is 1.66. The van der Waals surface area contributed by atoms with Crippen molar-refractivity contribution in [3.63, 3.8) is 0 Å². The molecule has 1 aromatic heterocycles. The normalized spacial score (nSPS) is 12.7. The zero-order chi connectivity index (χ0) is 13.8. The van der Waals surface area contributed by atoms with Crippen molar-refractivity contribution < 1.29 is 14.1 Å². The summed E-state index contributed by atoms with van der Waals surface area (Å²) in [5, 5.41) is 13.4. The molecule has 19 heavy (non-hydrogen) atoms. The molecular formula is C13H15NO3S2. The number of carboxylic acid groups (broad SMARTS) is 1. The number of carboxylic acids is 1. The van der Waals surface area contributed by atoms with Crippen LogP contribution in [0.15, 0.2) is 24.3 Å². The summed E-state index contributed by atoms with van der Waals surface area (Å²) >= 11 is 1.30. The number of hydrogen-bond acceptors (Lipinski definition) is 4. The van der Waals surface area contributed by atoms with Gasteiger partial charge in [0.2, 0.25) is 0 Å². The van der Waals surface area contributed by atoms with E-state index in [9.17, 15) is 14.1 Å². The number of hydrogen-bond donors (Lipinski definition) is 2. The van der Waals surface area contributed by atoms with Gasteiger partial charge in [0.05, 0.1) is 0 Å². The molecule has 0 saturated carbocycles. The van der Waals surface area contributed by atoms with Gasteiger partial charge in [0.25, 0.3) is 0 Å².